The van der Waals surface area contributed by atoms with Crippen LogP contribution in [0.25, 0.3) is 0 Å². The molecule has 0 radical (unpaired) electrons. The van der Waals surface area contributed by atoms with Gasteiger partial charge in [0.15, 0.2) is 28.0 Å². The fraction of sp³-hybridized carbons (Fsp3) is 0.250. The zero-order chi connectivity index (χ0) is 13.7. The highest BCUT2D eigenvalue weighted by Crippen LogP contribution is 2.34. The van der Waals surface area contributed by atoms with Gasteiger partial charge in [0.05, 0.1) is 0 Å². The van der Waals surface area contributed by atoms with E-state index in [1.54, 1.807) is 10.8 Å². The molecule has 0 fully saturated rings. The first-order valence-electron chi connectivity index (χ1n) is 5.59. The number of nitrogens with zero attached hydrogens (tertiary/aromatic N) is 1. The molecule has 1 N–H and O–H groups in total. The van der Waals surface area contributed by atoms with Crippen LogP contribution in [-0.2, 0) is 13.0 Å². The van der Waals surface area contributed by atoms with Crippen molar-refractivity contribution in [2.45, 2.75) is 18.9 Å². The standard InChI is InChI=1S/C12H8F4N2S/c13-7-2-8(14)11(16)9(10(7)15)5-1-6-3-17-12(19)18(6)4-5/h2-3,5H,1,4H2,(H,17,19). The Morgan fingerprint density at radius 1 is 1.16 bits per heavy atom. The van der Waals surface area contributed by atoms with Crippen molar-refractivity contribution < 1.29 is 17.6 Å². The molecule has 0 amide bonds. The highest BCUT2D eigenvalue weighted by molar-refractivity contribution is 7.71. The van der Waals surface area contributed by atoms with Crippen LogP contribution in [0.2, 0.25) is 0 Å². The predicted molar refractivity (Wildman–Crippen MR) is 62.3 cm³/mol. The molecule has 1 aromatic heterocycles. The van der Waals surface area contributed by atoms with E-state index in [0.717, 1.165) is 5.69 Å². The molecular weight excluding hydrogens is 280 g/mol. The summed E-state index contributed by atoms with van der Waals surface area (Å²) in [7, 11) is 0. The lowest BCUT2D eigenvalue weighted by Crippen LogP contribution is -2.10. The van der Waals surface area contributed by atoms with Crippen molar-refractivity contribution in [1.82, 2.24) is 9.55 Å². The number of imidazole rings is 1. The van der Waals surface area contributed by atoms with Crippen molar-refractivity contribution in [2.75, 3.05) is 0 Å². The van der Waals surface area contributed by atoms with Crippen molar-refractivity contribution >= 4 is 12.2 Å². The molecule has 1 unspecified atom stereocenters. The van der Waals surface area contributed by atoms with Gasteiger partial charge in [-0.25, -0.2) is 17.6 Å². The summed E-state index contributed by atoms with van der Waals surface area (Å²) in [6.07, 6.45) is 1.91. The van der Waals surface area contributed by atoms with Gasteiger partial charge in [-0.2, -0.15) is 0 Å². The largest absolute Gasteiger partial charge is 0.337 e. The first-order valence-corrected chi connectivity index (χ1v) is 6.00. The monoisotopic (exact) mass is 288 g/mol. The van der Waals surface area contributed by atoms with Crippen molar-refractivity contribution in [2.24, 2.45) is 0 Å². The Bertz CT molecular complexity index is 693. The van der Waals surface area contributed by atoms with Gasteiger partial charge in [0.1, 0.15) is 0 Å². The van der Waals surface area contributed by atoms with Gasteiger partial charge in [0.2, 0.25) is 0 Å². The number of halogens is 4. The van der Waals surface area contributed by atoms with Crippen molar-refractivity contribution in [1.29, 1.82) is 0 Å². The second kappa shape index (κ2) is 4.19. The molecule has 2 heterocycles. The molecule has 0 aliphatic carbocycles. The van der Waals surface area contributed by atoms with Crippen LogP contribution in [0, 0.1) is 28.0 Å². The summed E-state index contributed by atoms with van der Waals surface area (Å²) in [6, 6.07) is 0.218. The summed E-state index contributed by atoms with van der Waals surface area (Å²) in [6.45, 7) is 0.203. The number of H-pyrrole nitrogens is 1. The van der Waals surface area contributed by atoms with E-state index in [9.17, 15) is 17.6 Å². The maximum absolute atomic E-state index is 13.7. The molecule has 0 saturated heterocycles. The first kappa shape index (κ1) is 12.4. The number of nitrogens with one attached hydrogen (secondary N) is 1. The Morgan fingerprint density at radius 3 is 2.37 bits per heavy atom. The minimum Gasteiger partial charge on any atom is -0.337 e. The summed E-state index contributed by atoms with van der Waals surface area (Å²) in [5.41, 5.74) is 0.217. The van der Waals surface area contributed by atoms with Crippen LogP contribution < -0.4 is 0 Å². The van der Waals surface area contributed by atoms with Gasteiger partial charge in [0.25, 0.3) is 0 Å². The van der Waals surface area contributed by atoms with E-state index in [1.165, 1.54) is 0 Å². The molecule has 0 saturated carbocycles. The molecule has 1 aliphatic rings. The zero-order valence-corrected chi connectivity index (χ0v) is 10.3. The first-order chi connectivity index (χ1) is 8.99. The topological polar surface area (TPSA) is 20.7 Å². The van der Waals surface area contributed by atoms with Crippen LogP contribution in [0.3, 0.4) is 0 Å². The quantitative estimate of drug-likeness (QED) is 0.484. The molecule has 3 rings (SSSR count). The van der Waals surface area contributed by atoms with Crippen LogP contribution >= 0.6 is 12.2 Å². The number of hydrogen-bond donors (Lipinski definition) is 1. The highest BCUT2D eigenvalue weighted by atomic mass is 32.1. The molecule has 7 heteroatoms. The second-order valence-corrected chi connectivity index (χ2v) is 4.87. The Labute approximate surface area is 110 Å². The van der Waals surface area contributed by atoms with Crippen LogP contribution in [0.15, 0.2) is 12.3 Å². The third-order valence-electron chi connectivity index (χ3n) is 3.37. The molecule has 0 spiro atoms. The van der Waals surface area contributed by atoms with Crippen LogP contribution in [0.4, 0.5) is 17.6 Å². The lowest BCUT2D eigenvalue weighted by atomic mass is 9.95. The van der Waals surface area contributed by atoms with Crippen molar-refractivity contribution in [3.63, 3.8) is 0 Å². The van der Waals surface area contributed by atoms with Crippen molar-refractivity contribution in [3.05, 3.63) is 51.6 Å². The molecule has 1 aromatic carbocycles. The minimum atomic E-state index is -1.38. The molecule has 2 nitrogen and oxygen atoms in total. The number of hydrogen-bond acceptors (Lipinski definition) is 1. The normalized spacial score (nSPS) is 17.8. The third-order valence-corrected chi connectivity index (χ3v) is 3.70. The number of fused-ring (bicyclic) bond motifs is 1. The van der Waals surface area contributed by atoms with E-state index in [-0.39, 0.29) is 19.0 Å². The summed E-state index contributed by atoms with van der Waals surface area (Å²) >= 11 is 5.00. The summed E-state index contributed by atoms with van der Waals surface area (Å²) in [5, 5.41) is 0. The van der Waals surface area contributed by atoms with Crippen LogP contribution in [-0.4, -0.2) is 9.55 Å². The van der Waals surface area contributed by atoms with E-state index < -0.39 is 34.8 Å². The van der Waals surface area contributed by atoms with Gasteiger partial charge >= 0.3 is 0 Å². The third kappa shape index (κ3) is 1.80. The molecule has 1 aliphatic heterocycles. The van der Waals surface area contributed by atoms with E-state index in [0.29, 0.717) is 4.77 Å². The van der Waals surface area contributed by atoms with Gasteiger partial charge in [-0.3, -0.25) is 0 Å². The van der Waals surface area contributed by atoms with Crippen molar-refractivity contribution in [3.8, 4) is 0 Å². The van der Waals surface area contributed by atoms with Gasteiger partial charge in [-0.05, 0) is 18.6 Å². The van der Waals surface area contributed by atoms with E-state index in [4.69, 9.17) is 12.2 Å². The Morgan fingerprint density at radius 2 is 1.79 bits per heavy atom. The average molecular weight is 288 g/mol. The van der Waals surface area contributed by atoms with Gasteiger partial charge < -0.3 is 9.55 Å². The lowest BCUT2D eigenvalue weighted by molar-refractivity contribution is 0.423. The molecule has 19 heavy (non-hydrogen) atoms. The summed E-state index contributed by atoms with van der Waals surface area (Å²) < 4.78 is 55.9. The van der Waals surface area contributed by atoms with Gasteiger partial charge in [-0.1, -0.05) is 0 Å². The smallest absolute Gasteiger partial charge is 0.177 e. The number of benzene rings is 1. The summed E-state index contributed by atoms with van der Waals surface area (Å²) in [5.74, 6) is -6.07. The van der Waals surface area contributed by atoms with Gasteiger partial charge in [0, 0.05) is 36.0 Å². The Balaban J connectivity index is 2.08. The maximum Gasteiger partial charge on any atom is 0.177 e. The zero-order valence-electron chi connectivity index (χ0n) is 9.51. The Hall–Kier alpha value is -1.63. The van der Waals surface area contributed by atoms with Gasteiger partial charge in [-0.15, -0.1) is 0 Å². The molecule has 1 atom stereocenters. The average Bonchev–Trinajstić information content (AvgIpc) is 2.90. The number of rotatable bonds is 1. The summed E-state index contributed by atoms with van der Waals surface area (Å²) in [4.78, 5) is 2.81. The molecule has 100 valence electrons. The highest BCUT2D eigenvalue weighted by Gasteiger charge is 2.31. The lowest BCUT2D eigenvalue weighted by Gasteiger charge is -2.13. The fourth-order valence-corrected chi connectivity index (χ4v) is 2.73. The maximum atomic E-state index is 13.7. The molecule has 2 aromatic rings. The Kier molecular flexibility index (Phi) is 2.74. The molecule has 0 bridgehead atoms. The minimum absolute atomic E-state index is 0.203. The fourth-order valence-electron chi connectivity index (χ4n) is 2.48. The predicted octanol–water partition coefficient (Wildman–Crippen LogP) is 3.44. The SMILES string of the molecule is Fc1cc(F)c(F)c(C2Cc3c[nH]c(=S)n3C2)c1F. The number of aromatic nitrogens is 2. The second-order valence-electron chi connectivity index (χ2n) is 4.48. The van der Waals surface area contributed by atoms with Crippen LogP contribution in [0.1, 0.15) is 17.2 Å². The van der Waals surface area contributed by atoms with E-state index in [2.05, 4.69) is 4.98 Å². The number of aromatic amines is 1. The van der Waals surface area contributed by atoms with E-state index in [1.807, 2.05) is 0 Å². The van der Waals surface area contributed by atoms with E-state index >= 15 is 0 Å². The molecular formula is C12H8F4N2S. The van der Waals surface area contributed by atoms with Crippen LogP contribution in [0.5, 0.6) is 0 Å².